The number of rotatable bonds is 6. The van der Waals surface area contributed by atoms with Crippen molar-refractivity contribution >= 4 is 17.3 Å². The molecular formula is C19H27N5O2. The molecule has 1 aromatic carbocycles. The fraction of sp³-hybridized carbons (Fsp3) is 0.474. The molecule has 0 aliphatic carbocycles. The summed E-state index contributed by atoms with van der Waals surface area (Å²) in [7, 11) is 3.30. The number of benzene rings is 1. The van der Waals surface area contributed by atoms with Crippen LogP contribution in [0.25, 0.3) is 0 Å². The van der Waals surface area contributed by atoms with E-state index in [0.717, 1.165) is 67.4 Å². The molecule has 140 valence electrons. The molecule has 0 bridgehead atoms. The number of nitrogens with one attached hydrogen (secondary N) is 1. The summed E-state index contributed by atoms with van der Waals surface area (Å²) in [5.41, 5.74) is 0.812. The molecule has 0 atom stereocenters. The first kappa shape index (κ1) is 18.3. The molecule has 0 unspecified atom stereocenters. The van der Waals surface area contributed by atoms with E-state index >= 15 is 0 Å². The second-order valence-electron chi connectivity index (χ2n) is 6.27. The summed E-state index contributed by atoms with van der Waals surface area (Å²) in [6.45, 7) is 9.30. The SMILES string of the molecule is CCN1CCN(c2cc(Nc3cc(OC)ccc3OC)nc(C)n2)CC1. The van der Waals surface area contributed by atoms with Crippen molar-refractivity contribution in [2.75, 3.05) is 57.2 Å². The van der Waals surface area contributed by atoms with Crippen molar-refractivity contribution in [1.82, 2.24) is 14.9 Å². The summed E-state index contributed by atoms with van der Waals surface area (Å²) < 4.78 is 10.8. The molecule has 26 heavy (non-hydrogen) atoms. The predicted molar refractivity (Wildman–Crippen MR) is 104 cm³/mol. The zero-order valence-corrected chi connectivity index (χ0v) is 16.0. The molecular weight excluding hydrogens is 330 g/mol. The molecule has 7 heteroatoms. The largest absolute Gasteiger partial charge is 0.497 e. The molecule has 0 amide bonds. The molecule has 1 N–H and O–H groups in total. The molecule has 1 aliphatic rings. The van der Waals surface area contributed by atoms with Gasteiger partial charge < -0.3 is 24.6 Å². The van der Waals surface area contributed by atoms with Crippen LogP contribution in [0.1, 0.15) is 12.7 Å². The van der Waals surface area contributed by atoms with Crippen molar-refractivity contribution in [2.24, 2.45) is 0 Å². The Balaban J connectivity index is 1.82. The van der Waals surface area contributed by atoms with Gasteiger partial charge in [-0.05, 0) is 25.6 Å². The van der Waals surface area contributed by atoms with Crippen molar-refractivity contribution in [3.05, 3.63) is 30.1 Å². The Morgan fingerprint density at radius 3 is 2.46 bits per heavy atom. The van der Waals surface area contributed by atoms with Crippen molar-refractivity contribution in [3.63, 3.8) is 0 Å². The summed E-state index contributed by atoms with van der Waals surface area (Å²) in [5, 5.41) is 3.35. The first-order valence-electron chi connectivity index (χ1n) is 8.95. The van der Waals surface area contributed by atoms with E-state index in [-0.39, 0.29) is 0 Å². The minimum absolute atomic E-state index is 0.736. The van der Waals surface area contributed by atoms with Crippen molar-refractivity contribution in [1.29, 1.82) is 0 Å². The van der Waals surface area contributed by atoms with Crippen LogP contribution in [0.4, 0.5) is 17.3 Å². The number of anilines is 3. The number of hydrogen-bond acceptors (Lipinski definition) is 7. The smallest absolute Gasteiger partial charge is 0.142 e. The Hall–Kier alpha value is -2.54. The second-order valence-corrected chi connectivity index (χ2v) is 6.27. The maximum Gasteiger partial charge on any atom is 0.142 e. The van der Waals surface area contributed by atoms with Crippen LogP contribution < -0.4 is 19.7 Å². The van der Waals surface area contributed by atoms with Gasteiger partial charge in [0, 0.05) is 38.3 Å². The summed E-state index contributed by atoms with van der Waals surface area (Å²) in [6, 6.07) is 7.64. The standard InChI is InChI=1S/C19H27N5O2/c1-5-23-8-10-24(11-9-23)19-13-18(20-14(2)21-19)22-16-12-15(25-3)6-7-17(16)26-4/h6-7,12-13H,5,8-11H2,1-4H3,(H,20,21,22). The molecule has 2 heterocycles. The lowest BCUT2D eigenvalue weighted by Gasteiger charge is -2.34. The lowest BCUT2D eigenvalue weighted by atomic mass is 10.2. The van der Waals surface area contributed by atoms with Crippen LogP contribution in [0.5, 0.6) is 11.5 Å². The Kier molecular flexibility index (Phi) is 5.78. The Bertz CT molecular complexity index is 745. The van der Waals surface area contributed by atoms with E-state index in [0.29, 0.717) is 0 Å². The van der Waals surface area contributed by atoms with Crippen molar-refractivity contribution in [2.45, 2.75) is 13.8 Å². The van der Waals surface area contributed by atoms with Crippen LogP contribution in [0, 0.1) is 6.92 Å². The summed E-state index contributed by atoms with van der Waals surface area (Å²) in [4.78, 5) is 13.9. The Morgan fingerprint density at radius 2 is 1.81 bits per heavy atom. The third kappa shape index (κ3) is 4.16. The second kappa shape index (κ2) is 8.23. The average Bonchev–Trinajstić information content (AvgIpc) is 2.67. The van der Waals surface area contributed by atoms with Gasteiger partial charge in [-0.15, -0.1) is 0 Å². The Labute approximate surface area is 155 Å². The van der Waals surface area contributed by atoms with Crippen LogP contribution >= 0.6 is 0 Å². The number of piperazine rings is 1. The molecule has 0 saturated carbocycles. The number of likely N-dealkylation sites (N-methyl/N-ethyl adjacent to an activating group) is 1. The van der Waals surface area contributed by atoms with Gasteiger partial charge in [0.25, 0.3) is 0 Å². The highest BCUT2D eigenvalue weighted by Crippen LogP contribution is 2.31. The van der Waals surface area contributed by atoms with Crippen molar-refractivity contribution < 1.29 is 9.47 Å². The molecule has 0 radical (unpaired) electrons. The molecule has 7 nitrogen and oxygen atoms in total. The number of nitrogens with zero attached hydrogens (tertiary/aromatic N) is 4. The van der Waals surface area contributed by atoms with Gasteiger partial charge in [-0.2, -0.15) is 0 Å². The average molecular weight is 357 g/mol. The topological polar surface area (TPSA) is 62.8 Å². The molecule has 1 aliphatic heterocycles. The first-order valence-corrected chi connectivity index (χ1v) is 8.95. The quantitative estimate of drug-likeness (QED) is 0.853. The normalized spacial score (nSPS) is 15.0. The van der Waals surface area contributed by atoms with E-state index < -0.39 is 0 Å². The highest BCUT2D eigenvalue weighted by molar-refractivity contribution is 5.67. The zero-order valence-electron chi connectivity index (χ0n) is 16.0. The zero-order chi connectivity index (χ0) is 18.5. The minimum Gasteiger partial charge on any atom is -0.497 e. The van der Waals surface area contributed by atoms with E-state index in [1.54, 1.807) is 14.2 Å². The first-order chi connectivity index (χ1) is 12.6. The molecule has 2 aromatic rings. The monoisotopic (exact) mass is 357 g/mol. The highest BCUT2D eigenvalue weighted by atomic mass is 16.5. The number of hydrogen-bond donors (Lipinski definition) is 1. The lowest BCUT2D eigenvalue weighted by Crippen LogP contribution is -2.46. The highest BCUT2D eigenvalue weighted by Gasteiger charge is 2.18. The van der Waals surface area contributed by atoms with E-state index in [1.807, 2.05) is 31.2 Å². The third-order valence-corrected chi connectivity index (χ3v) is 4.64. The van der Waals surface area contributed by atoms with Gasteiger partial charge in [-0.1, -0.05) is 6.92 Å². The fourth-order valence-electron chi connectivity index (χ4n) is 3.12. The molecule has 1 saturated heterocycles. The number of aromatic nitrogens is 2. The van der Waals surface area contributed by atoms with Gasteiger partial charge in [0.05, 0.1) is 19.9 Å². The fourth-order valence-corrected chi connectivity index (χ4v) is 3.12. The van der Waals surface area contributed by atoms with Gasteiger partial charge in [-0.3, -0.25) is 0 Å². The maximum atomic E-state index is 5.44. The van der Waals surface area contributed by atoms with E-state index in [9.17, 15) is 0 Å². The molecule has 1 fully saturated rings. The lowest BCUT2D eigenvalue weighted by molar-refractivity contribution is 0.270. The van der Waals surface area contributed by atoms with Gasteiger partial charge in [-0.25, -0.2) is 9.97 Å². The van der Waals surface area contributed by atoms with Gasteiger partial charge in [0.15, 0.2) is 0 Å². The molecule has 0 spiro atoms. The van der Waals surface area contributed by atoms with E-state index in [2.05, 4.69) is 32.0 Å². The van der Waals surface area contributed by atoms with Crippen LogP contribution in [-0.4, -0.2) is 61.8 Å². The minimum atomic E-state index is 0.736. The van der Waals surface area contributed by atoms with Crippen LogP contribution in [0.3, 0.4) is 0 Å². The summed E-state index contributed by atoms with van der Waals surface area (Å²) in [5.74, 6) is 3.94. The van der Waals surface area contributed by atoms with Gasteiger partial charge >= 0.3 is 0 Å². The summed E-state index contributed by atoms with van der Waals surface area (Å²) in [6.07, 6.45) is 0. The van der Waals surface area contributed by atoms with Crippen LogP contribution in [-0.2, 0) is 0 Å². The molecule has 3 rings (SSSR count). The maximum absolute atomic E-state index is 5.44. The van der Waals surface area contributed by atoms with Crippen molar-refractivity contribution in [3.8, 4) is 11.5 Å². The van der Waals surface area contributed by atoms with Gasteiger partial charge in [0.1, 0.15) is 29.0 Å². The third-order valence-electron chi connectivity index (χ3n) is 4.64. The predicted octanol–water partition coefficient (Wildman–Crippen LogP) is 2.69. The van der Waals surface area contributed by atoms with Crippen LogP contribution in [0.2, 0.25) is 0 Å². The number of methoxy groups -OCH3 is 2. The number of aryl methyl sites for hydroxylation is 1. The van der Waals surface area contributed by atoms with Crippen LogP contribution in [0.15, 0.2) is 24.3 Å². The summed E-state index contributed by atoms with van der Waals surface area (Å²) >= 11 is 0. The molecule has 1 aromatic heterocycles. The Morgan fingerprint density at radius 1 is 1.04 bits per heavy atom. The van der Waals surface area contributed by atoms with Gasteiger partial charge in [0.2, 0.25) is 0 Å². The van der Waals surface area contributed by atoms with E-state index in [4.69, 9.17) is 9.47 Å². The number of ether oxygens (including phenoxy) is 2. The van der Waals surface area contributed by atoms with E-state index in [1.165, 1.54) is 0 Å².